The molecule has 134 valence electrons. The lowest BCUT2D eigenvalue weighted by molar-refractivity contribution is -0.883. The fourth-order valence-corrected chi connectivity index (χ4v) is 4.51. The highest BCUT2D eigenvalue weighted by Crippen LogP contribution is 2.66. The zero-order valence-electron chi connectivity index (χ0n) is 16.0. The van der Waals surface area contributed by atoms with Gasteiger partial charge in [-0.15, -0.1) is 0 Å². The average molecular weight is 327 g/mol. The molecule has 2 aliphatic rings. The number of hydrogen-bond donors (Lipinski definition) is 0. The molecule has 0 saturated heterocycles. The molecule has 2 bridgehead atoms. The van der Waals surface area contributed by atoms with Crippen LogP contribution in [0.2, 0.25) is 0 Å². The minimum Gasteiger partial charge on any atom is -0.462 e. The fourth-order valence-electron chi connectivity index (χ4n) is 4.51. The third-order valence-corrected chi connectivity index (χ3v) is 6.75. The number of nitrogens with zero attached hydrogens (tertiary/aromatic N) is 1. The van der Waals surface area contributed by atoms with E-state index in [0.29, 0.717) is 34.6 Å². The Balaban J connectivity index is 1.78. The summed E-state index contributed by atoms with van der Waals surface area (Å²) in [4.78, 5) is 11.8. The summed E-state index contributed by atoms with van der Waals surface area (Å²) in [6.07, 6.45) is 5.10. The van der Waals surface area contributed by atoms with Gasteiger partial charge in [-0.1, -0.05) is 27.7 Å². The van der Waals surface area contributed by atoms with E-state index in [-0.39, 0.29) is 5.97 Å². The molecule has 3 atom stereocenters. The first-order chi connectivity index (χ1) is 10.6. The van der Waals surface area contributed by atoms with Gasteiger partial charge in [-0.2, -0.15) is 0 Å². The lowest BCUT2D eigenvalue weighted by Gasteiger charge is -2.39. The molecule has 2 fully saturated rings. The highest BCUT2D eigenvalue weighted by atomic mass is 16.5. The SMILES string of the molecule is CCCOC(=O)C[N+](C)(C)CCO[C@H]1C[C@H]2CC[C@]1(C)C2(C)C. The lowest BCUT2D eigenvalue weighted by atomic mass is 9.70. The van der Waals surface area contributed by atoms with E-state index in [9.17, 15) is 4.79 Å². The standard InChI is InChI=1S/C19H36NO3/c1-7-11-23-17(21)14-20(5,6)10-12-22-16-13-15-8-9-19(16,4)18(15,2)3/h15-16H,7-14H2,1-6H3/q+1/t15-,16+,19+/m1/s1. The van der Waals surface area contributed by atoms with Crippen LogP contribution in [0.1, 0.15) is 53.4 Å². The monoisotopic (exact) mass is 326 g/mol. The predicted molar refractivity (Wildman–Crippen MR) is 92.1 cm³/mol. The summed E-state index contributed by atoms with van der Waals surface area (Å²) in [5.41, 5.74) is 0.709. The molecule has 0 N–H and O–H groups in total. The molecular weight excluding hydrogens is 290 g/mol. The number of likely N-dealkylation sites (N-methyl/N-ethyl adjacent to an activating group) is 1. The summed E-state index contributed by atoms with van der Waals surface area (Å²) in [6.45, 7) is 11.8. The molecule has 0 aromatic carbocycles. The van der Waals surface area contributed by atoms with Crippen LogP contribution < -0.4 is 0 Å². The van der Waals surface area contributed by atoms with Crippen LogP contribution in [0.15, 0.2) is 0 Å². The van der Waals surface area contributed by atoms with Gasteiger partial charge in [-0.05, 0) is 42.4 Å². The Morgan fingerprint density at radius 3 is 2.43 bits per heavy atom. The van der Waals surface area contributed by atoms with Gasteiger partial charge in [0.05, 0.1) is 33.4 Å². The minimum atomic E-state index is -0.107. The second kappa shape index (κ2) is 6.72. The number of esters is 1. The molecule has 0 heterocycles. The van der Waals surface area contributed by atoms with Crippen LogP contribution in [0.25, 0.3) is 0 Å². The van der Waals surface area contributed by atoms with Crippen molar-refractivity contribution >= 4 is 5.97 Å². The van der Waals surface area contributed by atoms with Gasteiger partial charge in [-0.25, -0.2) is 4.79 Å². The van der Waals surface area contributed by atoms with Crippen LogP contribution in [0.5, 0.6) is 0 Å². The Hall–Kier alpha value is -0.610. The maximum Gasteiger partial charge on any atom is 0.361 e. The molecule has 0 spiro atoms. The molecule has 0 amide bonds. The summed E-state index contributed by atoms with van der Waals surface area (Å²) >= 11 is 0. The predicted octanol–water partition coefficient (Wildman–Crippen LogP) is 3.25. The molecule has 4 nitrogen and oxygen atoms in total. The molecule has 0 radical (unpaired) electrons. The van der Waals surface area contributed by atoms with Crippen molar-refractivity contribution in [2.75, 3.05) is 40.4 Å². The van der Waals surface area contributed by atoms with Gasteiger partial charge >= 0.3 is 5.97 Å². The van der Waals surface area contributed by atoms with E-state index in [1.807, 2.05) is 6.92 Å². The Labute approximate surface area is 142 Å². The maximum atomic E-state index is 11.8. The molecule has 4 heteroatoms. The van der Waals surface area contributed by atoms with E-state index in [1.54, 1.807) is 0 Å². The quantitative estimate of drug-likeness (QED) is 0.507. The number of carbonyl (C=O) groups is 1. The molecular formula is C19H36NO3+. The van der Waals surface area contributed by atoms with Crippen LogP contribution in [-0.2, 0) is 14.3 Å². The molecule has 2 saturated carbocycles. The Bertz CT molecular complexity index is 432. The van der Waals surface area contributed by atoms with Gasteiger partial charge in [0.2, 0.25) is 0 Å². The first-order valence-electron chi connectivity index (χ1n) is 9.21. The zero-order valence-corrected chi connectivity index (χ0v) is 16.0. The Morgan fingerprint density at radius 1 is 1.22 bits per heavy atom. The number of carbonyl (C=O) groups excluding carboxylic acids is 1. The summed E-state index contributed by atoms with van der Waals surface area (Å²) in [5, 5.41) is 0. The van der Waals surface area contributed by atoms with Crippen LogP contribution in [0.3, 0.4) is 0 Å². The summed E-state index contributed by atoms with van der Waals surface area (Å²) in [5.74, 6) is 0.703. The first kappa shape index (κ1) is 18.7. The summed E-state index contributed by atoms with van der Waals surface area (Å²) in [7, 11) is 4.14. The van der Waals surface area contributed by atoms with Gasteiger partial charge < -0.3 is 14.0 Å². The van der Waals surface area contributed by atoms with Gasteiger partial charge in [0, 0.05) is 0 Å². The average Bonchev–Trinajstić information content (AvgIpc) is 2.77. The largest absolute Gasteiger partial charge is 0.462 e. The number of ether oxygens (including phenoxy) is 2. The van der Waals surface area contributed by atoms with Crippen molar-refractivity contribution in [3.8, 4) is 0 Å². The van der Waals surface area contributed by atoms with Gasteiger partial charge in [0.1, 0.15) is 6.54 Å². The zero-order chi connectivity index (χ0) is 17.3. The van der Waals surface area contributed by atoms with Crippen molar-refractivity contribution < 1.29 is 18.8 Å². The molecule has 0 aromatic heterocycles. The van der Waals surface area contributed by atoms with Crippen molar-refractivity contribution in [1.82, 2.24) is 0 Å². The third-order valence-electron chi connectivity index (χ3n) is 6.75. The van der Waals surface area contributed by atoms with Crippen molar-refractivity contribution in [3.63, 3.8) is 0 Å². The molecule has 0 aliphatic heterocycles. The highest BCUT2D eigenvalue weighted by molar-refractivity contribution is 5.70. The highest BCUT2D eigenvalue weighted by Gasteiger charge is 2.61. The van der Waals surface area contributed by atoms with E-state index < -0.39 is 0 Å². The first-order valence-corrected chi connectivity index (χ1v) is 9.21. The van der Waals surface area contributed by atoms with Crippen molar-refractivity contribution in [2.24, 2.45) is 16.7 Å². The molecule has 0 aromatic rings. The van der Waals surface area contributed by atoms with Crippen LogP contribution in [-0.4, -0.2) is 57.0 Å². The van der Waals surface area contributed by atoms with E-state index in [2.05, 4.69) is 34.9 Å². The number of quaternary nitrogens is 1. The number of hydrogen-bond acceptors (Lipinski definition) is 3. The Morgan fingerprint density at radius 2 is 1.91 bits per heavy atom. The van der Waals surface area contributed by atoms with E-state index in [4.69, 9.17) is 9.47 Å². The fraction of sp³-hybridized carbons (Fsp3) is 0.947. The topological polar surface area (TPSA) is 35.5 Å². The number of fused-ring (bicyclic) bond motifs is 2. The maximum absolute atomic E-state index is 11.8. The summed E-state index contributed by atoms with van der Waals surface area (Å²) < 4.78 is 12.1. The van der Waals surface area contributed by atoms with Crippen molar-refractivity contribution in [2.45, 2.75) is 59.5 Å². The normalized spacial score (nSPS) is 32.3. The third kappa shape index (κ3) is 3.74. The van der Waals surface area contributed by atoms with Crippen molar-refractivity contribution in [1.29, 1.82) is 0 Å². The lowest BCUT2D eigenvalue weighted by Crippen LogP contribution is -2.47. The summed E-state index contributed by atoms with van der Waals surface area (Å²) in [6, 6.07) is 0. The van der Waals surface area contributed by atoms with Crippen LogP contribution in [0, 0.1) is 16.7 Å². The Kier molecular flexibility index (Phi) is 5.47. The van der Waals surface area contributed by atoms with Crippen molar-refractivity contribution in [3.05, 3.63) is 0 Å². The van der Waals surface area contributed by atoms with Gasteiger partial charge in [0.15, 0.2) is 6.54 Å². The van der Waals surface area contributed by atoms with Crippen LogP contribution in [0.4, 0.5) is 0 Å². The second-order valence-electron chi connectivity index (χ2n) is 9.01. The molecule has 0 unspecified atom stereocenters. The van der Waals surface area contributed by atoms with E-state index in [1.165, 1.54) is 19.3 Å². The van der Waals surface area contributed by atoms with Crippen LogP contribution >= 0.6 is 0 Å². The molecule has 2 rings (SSSR count). The minimum absolute atomic E-state index is 0.107. The van der Waals surface area contributed by atoms with E-state index >= 15 is 0 Å². The number of rotatable bonds is 8. The smallest absolute Gasteiger partial charge is 0.361 e. The molecule has 23 heavy (non-hydrogen) atoms. The van der Waals surface area contributed by atoms with E-state index in [0.717, 1.165) is 25.5 Å². The van der Waals surface area contributed by atoms with Gasteiger partial charge in [-0.3, -0.25) is 0 Å². The molecule has 2 aliphatic carbocycles. The van der Waals surface area contributed by atoms with Gasteiger partial charge in [0.25, 0.3) is 0 Å². The second-order valence-corrected chi connectivity index (χ2v) is 9.01.